The van der Waals surface area contributed by atoms with E-state index in [4.69, 9.17) is 14.4 Å². The standard InChI is InChI=1S/C56H34N4O/c1-2-12-33(13-3-1)53-39-26-27-47(57-56(58-53)60-48-20-10-8-18-40(48)41-19-9-11-21-49(41)60)44-25-24-43-46-29-35-15-5-7-17-37(35)32-52(46)61-55(43)54(44)59-50-31-38(39)22-23-42(50)45-28-34-14-4-6-16-36(34)30-51(45)59/h1-25,28-32H,26-27H2/b53-39+,57-47+,58-56+. The number of nitrogens with zero attached hydrogens (tertiary/aromatic N) is 4. The van der Waals surface area contributed by atoms with E-state index < -0.39 is 0 Å². The monoisotopic (exact) mass is 778 g/mol. The van der Waals surface area contributed by atoms with E-state index in [9.17, 15) is 0 Å². The first-order valence-electron chi connectivity index (χ1n) is 21.0. The maximum atomic E-state index is 7.17. The predicted molar refractivity (Wildman–Crippen MR) is 254 cm³/mol. The first-order valence-corrected chi connectivity index (χ1v) is 21.0. The van der Waals surface area contributed by atoms with Gasteiger partial charge in [0.1, 0.15) is 5.58 Å². The summed E-state index contributed by atoms with van der Waals surface area (Å²) in [5, 5.41) is 11.7. The molecular weight excluding hydrogens is 745 g/mol. The van der Waals surface area contributed by atoms with Gasteiger partial charge in [0.05, 0.1) is 39.2 Å². The van der Waals surface area contributed by atoms with Gasteiger partial charge in [-0.15, -0.1) is 0 Å². The maximum Gasteiger partial charge on any atom is 0.235 e. The Hall–Kier alpha value is -8.02. The summed E-state index contributed by atoms with van der Waals surface area (Å²) in [6, 6.07) is 65.9. The fraction of sp³-hybridized carbons (Fsp3) is 0.0357. The zero-order chi connectivity index (χ0) is 39.8. The molecule has 0 saturated carbocycles. The van der Waals surface area contributed by atoms with E-state index in [-0.39, 0.29) is 0 Å². The van der Waals surface area contributed by atoms with E-state index in [2.05, 4.69) is 191 Å². The summed E-state index contributed by atoms with van der Waals surface area (Å²) in [5.41, 5.74) is 13.5. The Bertz CT molecular complexity index is 3930. The van der Waals surface area contributed by atoms with E-state index in [1.54, 1.807) is 0 Å². The van der Waals surface area contributed by atoms with Crippen molar-refractivity contribution in [3.63, 3.8) is 0 Å². The highest BCUT2D eigenvalue weighted by molar-refractivity contribution is 6.23. The molecule has 2 aliphatic rings. The number of fused-ring (bicyclic) bond motifs is 20. The number of hydrogen-bond donors (Lipinski definition) is 0. The van der Waals surface area contributed by atoms with Crippen LogP contribution in [0.3, 0.4) is 0 Å². The van der Waals surface area contributed by atoms with Crippen molar-refractivity contribution in [2.24, 2.45) is 9.98 Å². The summed E-state index contributed by atoms with van der Waals surface area (Å²) >= 11 is 0. The Labute approximate surface area is 349 Å². The molecule has 5 heterocycles. The van der Waals surface area contributed by atoms with Crippen molar-refractivity contribution in [2.75, 3.05) is 0 Å². The lowest BCUT2D eigenvalue weighted by atomic mass is 9.91. The summed E-state index contributed by atoms with van der Waals surface area (Å²) < 4.78 is 11.9. The topological polar surface area (TPSA) is 47.7 Å². The minimum absolute atomic E-state index is 0.635. The number of aliphatic imine (C=N–C) groups is 2. The van der Waals surface area contributed by atoms with Gasteiger partial charge in [-0.1, -0.05) is 133 Å². The van der Waals surface area contributed by atoms with Gasteiger partial charge in [0.15, 0.2) is 5.58 Å². The van der Waals surface area contributed by atoms with Gasteiger partial charge >= 0.3 is 0 Å². The number of aromatic nitrogens is 2. The molecule has 0 aliphatic carbocycles. The summed E-state index contributed by atoms with van der Waals surface area (Å²) in [7, 11) is 0. The molecule has 0 saturated heterocycles. The molecule has 284 valence electrons. The fourth-order valence-electron chi connectivity index (χ4n) is 10.4. The summed E-state index contributed by atoms with van der Waals surface area (Å²) in [5.74, 6) is 0.635. The second-order valence-electron chi connectivity index (χ2n) is 16.5. The van der Waals surface area contributed by atoms with Crippen LogP contribution in [-0.2, 0) is 0 Å². The smallest absolute Gasteiger partial charge is 0.235 e. The fourth-order valence-corrected chi connectivity index (χ4v) is 10.4. The second-order valence-corrected chi connectivity index (χ2v) is 16.5. The van der Waals surface area contributed by atoms with Crippen LogP contribution in [0.4, 0.5) is 0 Å². The van der Waals surface area contributed by atoms with Crippen LogP contribution in [0.5, 0.6) is 0 Å². The molecule has 0 N–H and O–H groups in total. The van der Waals surface area contributed by atoms with Gasteiger partial charge in [-0.25, -0.2) is 9.98 Å². The molecule has 14 rings (SSSR count). The highest BCUT2D eigenvalue weighted by Crippen LogP contribution is 2.45. The molecule has 5 heteroatoms. The number of hydrogen-bond acceptors (Lipinski definition) is 3. The van der Waals surface area contributed by atoms with Crippen molar-refractivity contribution < 1.29 is 4.42 Å². The van der Waals surface area contributed by atoms with Gasteiger partial charge in [0, 0.05) is 43.4 Å². The predicted octanol–water partition coefficient (Wildman–Crippen LogP) is 14.5. The second kappa shape index (κ2) is 12.3. The molecule has 0 spiro atoms. The van der Waals surface area contributed by atoms with Crippen molar-refractivity contribution in [3.8, 4) is 5.69 Å². The molecule has 61 heavy (non-hydrogen) atoms. The summed E-state index contributed by atoms with van der Waals surface area (Å²) in [4.78, 5) is 11.5. The molecule has 0 atom stereocenters. The molecule has 0 amide bonds. The highest BCUT2D eigenvalue weighted by atomic mass is 16.3. The quantitative estimate of drug-likeness (QED) is 0.164. The van der Waals surface area contributed by atoms with Crippen LogP contribution in [0.2, 0.25) is 0 Å². The molecule has 0 unspecified atom stereocenters. The number of allylic oxidation sites excluding steroid dienone is 1. The van der Waals surface area contributed by atoms with E-state index in [1.165, 1.54) is 43.3 Å². The van der Waals surface area contributed by atoms with E-state index in [1.807, 2.05) is 0 Å². The third kappa shape index (κ3) is 4.66. The van der Waals surface area contributed by atoms with Crippen molar-refractivity contribution >= 4 is 110 Å². The lowest BCUT2D eigenvalue weighted by molar-refractivity contribution is 0.666. The molecule has 12 aromatic rings. The van der Waals surface area contributed by atoms with Gasteiger partial charge in [-0.05, 0) is 94.1 Å². The Balaban J connectivity index is 1.19. The van der Waals surface area contributed by atoms with Crippen molar-refractivity contribution in [1.82, 2.24) is 9.13 Å². The summed E-state index contributed by atoms with van der Waals surface area (Å²) in [6.07, 6.45) is 1.45. The van der Waals surface area contributed by atoms with Crippen LogP contribution in [0, 0.1) is 0 Å². The average Bonchev–Trinajstić information content (AvgIpc) is 3.94. The lowest BCUT2D eigenvalue weighted by Gasteiger charge is -2.23. The van der Waals surface area contributed by atoms with Crippen LogP contribution < -0.4 is 0 Å². The van der Waals surface area contributed by atoms with Crippen molar-refractivity contribution in [1.29, 1.82) is 0 Å². The Morgan fingerprint density at radius 1 is 0.410 bits per heavy atom. The Morgan fingerprint density at radius 2 is 1.02 bits per heavy atom. The van der Waals surface area contributed by atoms with Gasteiger partial charge in [-0.2, -0.15) is 0 Å². The zero-order valence-corrected chi connectivity index (χ0v) is 32.9. The first kappa shape index (κ1) is 32.9. The van der Waals surface area contributed by atoms with Crippen LogP contribution in [-0.4, -0.2) is 20.8 Å². The molecular formula is C56H34N4O. The van der Waals surface area contributed by atoms with Crippen LogP contribution >= 0.6 is 0 Å². The van der Waals surface area contributed by atoms with Crippen LogP contribution in [0.15, 0.2) is 196 Å². The van der Waals surface area contributed by atoms with Crippen LogP contribution in [0.1, 0.15) is 29.5 Å². The largest absolute Gasteiger partial charge is 0.454 e. The van der Waals surface area contributed by atoms with E-state index >= 15 is 0 Å². The molecule has 3 aromatic heterocycles. The first-order chi connectivity index (χ1) is 30.2. The Morgan fingerprint density at radius 3 is 1.77 bits per heavy atom. The number of rotatable bonds is 1. The van der Waals surface area contributed by atoms with Crippen LogP contribution in [0.25, 0.3) is 104 Å². The van der Waals surface area contributed by atoms with E-state index in [0.29, 0.717) is 12.4 Å². The maximum absolute atomic E-state index is 7.17. The SMILES string of the molecule is c1ccc(C2=C3/CC\C(=N/C(n4c5ccccc5c5ccccc54)=N\2)c2ccc4c(oc5cc6ccccc6cc54)c2-n2c4cc3ccc4c3cc4ccccc4cc32)cc1. The lowest BCUT2D eigenvalue weighted by Crippen LogP contribution is -2.18. The number of furan rings is 1. The van der Waals surface area contributed by atoms with Crippen molar-refractivity contribution in [2.45, 2.75) is 12.8 Å². The summed E-state index contributed by atoms with van der Waals surface area (Å²) in [6.45, 7) is 0. The minimum atomic E-state index is 0.635. The molecule has 0 radical (unpaired) electrons. The molecule has 0 fully saturated rings. The van der Waals surface area contributed by atoms with Gasteiger partial charge in [-0.3, -0.25) is 4.57 Å². The number of benzene rings is 9. The normalized spacial score (nSPS) is 17.1. The van der Waals surface area contributed by atoms with E-state index in [0.717, 1.165) is 89.6 Å². The zero-order valence-electron chi connectivity index (χ0n) is 32.9. The molecule has 5 nitrogen and oxygen atoms in total. The Kier molecular flexibility index (Phi) is 6.61. The minimum Gasteiger partial charge on any atom is -0.454 e. The molecule has 4 bridgehead atoms. The van der Waals surface area contributed by atoms with Crippen molar-refractivity contribution in [3.05, 3.63) is 199 Å². The third-order valence-corrected chi connectivity index (χ3v) is 13.2. The third-order valence-electron chi connectivity index (χ3n) is 13.2. The average molecular weight is 779 g/mol. The van der Waals surface area contributed by atoms with Gasteiger partial charge in [0.25, 0.3) is 0 Å². The molecule has 9 aromatic carbocycles. The molecule has 2 aliphatic heterocycles. The van der Waals surface area contributed by atoms with Gasteiger partial charge < -0.3 is 8.98 Å². The number of para-hydroxylation sites is 2. The highest BCUT2D eigenvalue weighted by Gasteiger charge is 2.29. The van der Waals surface area contributed by atoms with Gasteiger partial charge in [0.2, 0.25) is 5.96 Å².